The lowest BCUT2D eigenvalue weighted by molar-refractivity contribution is -0.870. The molecule has 0 fully saturated rings. The Labute approximate surface area is 163 Å². The highest BCUT2D eigenvalue weighted by Crippen LogP contribution is 2.09. The summed E-state index contributed by atoms with van der Waals surface area (Å²) in [5, 5.41) is 2.71. The number of carbonyl (C=O) groups excluding carboxylic acids is 2. The maximum atomic E-state index is 12.5. The molecule has 0 unspecified atom stereocenters. The Hall–Kier alpha value is -1.92. The van der Waals surface area contributed by atoms with E-state index < -0.39 is 12.1 Å². The Morgan fingerprint density at radius 3 is 2.33 bits per heavy atom. The number of Topliss-reactive ketones (excluding diaryl/α,β-unsaturated/α-hetero) is 1. The smallest absolute Gasteiger partial charge is 0.408 e. The Bertz CT molecular complexity index is 567. The average molecular weight is 380 g/mol. The minimum atomic E-state index is -0.566. The first-order valence-corrected chi connectivity index (χ1v) is 9.55. The topological polar surface area (TPSA) is 64.6 Å². The third-order valence-corrected chi connectivity index (χ3v) is 4.00. The van der Waals surface area contributed by atoms with E-state index >= 15 is 0 Å². The van der Waals surface area contributed by atoms with Gasteiger partial charge in [-0.25, -0.2) is 4.79 Å². The van der Waals surface area contributed by atoms with Gasteiger partial charge < -0.3 is 19.3 Å². The summed E-state index contributed by atoms with van der Waals surface area (Å²) in [6.07, 6.45) is 0.301. The number of ether oxygens (including phenoxy) is 2. The van der Waals surface area contributed by atoms with Gasteiger partial charge >= 0.3 is 6.09 Å². The highest BCUT2D eigenvalue weighted by molar-refractivity contribution is 5.87. The van der Waals surface area contributed by atoms with Gasteiger partial charge in [0.15, 0.2) is 5.78 Å². The van der Waals surface area contributed by atoms with Crippen LogP contribution in [0.25, 0.3) is 0 Å². The third-order valence-electron chi connectivity index (χ3n) is 4.00. The fourth-order valence-corrected chi connectivity index (χ4v) is 2.44. The quantitative estimate of drug-likeness (QED) is 0.448. The van der Waals surface area contributed by atoms with Gasteiger partial charge in [-0.2, -0.15) is 0 Å². The van der Waals surface area contributed by atoms with Crippen molar-refractivity contribution >= 4 is 11.9 Å². The molecule has 1 rings (SSSR count). The molecule has 0 aliphatic heterocycles. The molecular weight excluding hydrogens is 344 g/mol. The van der Waals surface area contributed by atoms with Crippen LogP contribution in [-0.4, -0.2) is 63.3 Å². The number of rotatable bonds is 12. The van der Waals surface area contributed by atoms with E-state index in [4.69, 9.17) is 9.47 Å². The number of carbonyl (C=O) groups is 2. The highest BCUT2D eigenvalue weighted by atomic mass is 16.5. The number of benzene rings is 1. The molecule has 1 amide bonds. The molecule has 1 atom stereocenters. The van der Waals surface area contributed by atoms with E-state index in [1.54, 1.807) is 0 Å². The Balaban J connectivity index is 2.41. The first-order valence-electron chi connectivity index (χ1n) is 9.55. The molecule has 1 aromatic carbocycles. The second kappa shape index (κ2) is 11.7. The van der Waals surface area contributed by atoms with Crippen LogP contribution in [0.15, 0.2) is 30.3 Å². The molecule has 0 bridgehead atoms. The molecule has 1 N–H and O–H groups in total. The maximum absolute atomic E-state index is 12.5. The van der Waals surface area contributed by atoms with Crippen LogP contribution in [0.2, 0.25) is 0 Å². The first kappa shape index (κ1) is 23.1. The number of likely N-dealkylation sites (N-methyl/N-ethyl adjacent to an activating group) is 1. The average Bonchev–Trinajstić information content (AvgIpc) is 2.58. The summed E-state index contributed by atoms with van der Waals surface area (Å²) in [6, 6.07) is 8.91. The SMILES string of the molecule is CC(C)C[C@H](NC(=O)OCc1ccccc1)C(=O)CCOCC[N+](C)(C)C. The number of ketones is 1. The molecular formula is C21H35N2O4+. The van der Waals surface area contributed by atoms with E-state index in [-0.39, 0.29) is 24.7 Å². The summed E-state index contributed by atoms with van der Waals surface area (Å²) in [6.45, 7) is 6.09. The zero-order valence-corrected chi connectivity index (χ0v) is 17.4. The number of nitrogens with zero attached hydrogens (tertiary/aromatic N) is 1. The second-order valence-electron chi connectivity index (χ2n) is 8.23. The lowest BCUT2D eigenvalue weighted by Crippen LogP contribution is -2.42. The minimum absolute atomic E-state index is 0.0226. The molecule has 0 saturated heterocycles. The van der Waals surface area contributed by atoms with Crippen molar-refractivity contribution in [3.05, 3.63) is 35.9 Å². The zero-order valence-electron chi connectivity index (χ0n) is 17.4. The van der Waals surface area contributed by atoms with Crippen LogP contribution >= 0.6 is 0 Å². The van der Waals surface area contributed by atoms with E-state index in [1.807, 2.05) is 44.2 Å². The molecule has 27 heavy (non-hydrogen) atoms. The fourth-order valence-electron chi connectivity index (χ4n) is 2.44. The summed E-state index contributed by atoms with van der Waals surface area (Å²) in [7, 11) is 6.29. The van der Waals surface area contributed by atoms with Crippen LogP contribution in [0.4, 0.5) is 4.79 Å². The zero-order chi connectivity index (χ0) is 20.3. The fraction of sp³-hybridized carbons (Fsp3) is 0.619. The van der Waals surface area contributed by atoms with Crippen molar-refractivity contribution in [1.82, 2.24) is 5.32 Å². The van der Waals surface area contributed by atoms with E-state index in [2.05, 4.69) is 26.5 Å². The van der Waals surface area contributed by atoms with E-state index in [0.717, 1.165) is 16.6 Å². The summed E-state index contributed by atoms with van der Waals surface area (Å²) in [5.74, 6) is 0.262. The van der Waals surface area contributed by atoms with Gasteiger partial charge in [0.05, 0.1) is 40.4 Å². The van der Waals surface area contributed by atoms with Crippen molar-refractivity contribution in [2.75, 3.05) is 40.9 Å². The highest BCUT2D eigenvalue weighted by Gasteiger charge is 2.22. The molecule has 0 radical (unpaired) electrons. The molecule has 0 heterocycles. The predicted molar refractivity (Wildman–Crippen MR) is 106 cm³/mol. The van der Waals surface area contributed by atoms with Crippen LogP contribution < -0.4 is 5.32 Å². The van der Waals surface area contributed by atoms with Crippen LogP contribution in [-0.2, 0) is 20.9 Å². The number of alkyl carbamates (subject to hydrolysis) is 1. The van der Waals surface area contributed by atoms with Gasteiger partial charge in [0.25, 0.3) is 0 Å². The third kappa shape index (κ3) is 11.4. The molecule has 0 aromatic heterocycles. The van der Waals surface area contributed by atoms with Gasteiger partial charge in [-0.3, -0.25) is 4.79 Å². The van der Waals surface area contributed by atoms with Crippen molar-refractivity contribution in [2.24, 2.45) is 5.92 Å². The van der Waals surface area contributed by atoms with Gasteiger partial charge in [0.2, 0.25) is 0 Å². The molecule has 0 saturated carbocycles. The van der Waals surface area contributed by atoms with Crippen LogP contribution in [0.5, 0.6) is 0 Å². The van der Waals surface area contributed by atoms with E-state index in [0.29, 0.717) is 19.6 Å². The van der Waals surface area contributed by atoms with Crippen molar-refractivity contribution in [3.63, 3.8) is 0 Å². The summed E-state index contributed by atoms with van der Waals surface area (Å²) >= 11 is 0. The maximum Gasteiger partial charge on any atom is 0.408 e. The van der Waals surface area contributed by atoms with Crippen molar-refractivity contribution in [2.45, 2.75) is 39.3 Å². The monoisotopic (exact) mass is 379 g/mol. The molecule has 0 aliphatic rings. The second-order valence-corrected chi connectivity index (χ2v) is 8.23. The Morgan fingerprint density at radius 1 is 1.07 bits per heavy atom. The van der Waals surface area contributed by atoms with Gasteiger partial charge in [0.1, 0.15) is 13.2 Å². The number of amides is 1. The largest absolute Gasteiger partial charge is 0.445 e. The number of quaternary nitrogens is 1. The molecule has 6 nitrogen and oxygen atoms in total. The first-order chi connectivity index (χ1) is 12.7. The van der Waals surface area contributed by atoms with Gasteiger partial charge in [0, 0.05) is 6.42 Å². The molecule has 1 aromatic rings. The Kier molecular flexibility index (Phi) is 10.0. The predicted octanol–water partition coefficient (Wildman–Crippen LogP) is 3.01. The molecule has 0 spiro atoms. The number of hydrogen-bond acceptors (Lipinski definition) is 4. The normalized spacial score (nSPS) is 12.7. The number of nitrogens with one attached hydrogen (secondary N) is 1. The van der Waals surface area contributed by atoms with E-state index in [1.165, 1.54) is 0 Å². The summed E-state index contributed by atoms with van der Waals surface area (Å²) in [5.41, 5.74) is 0.907. The Morgan fingerprint density at radius 2 is 1.74 bits per heavy atom. The van der Waals surface area contributed by atoms with Gasteiger partial charge in [-0.1, -0.05) is 44.2 Å². The van der Waals surface area contributed by atoms with Crippen molar-refractivity contribution in [1.29, 1.82) is 0 Å². The minimum Gasteiger partial charge on any atom is -0.445 e. The molecule has 0 aliphatic carbocycles. The van der Waals surface area contributed by atoms with E-state index in [9.17, 15) is 9.59 Å². The lowest BCUT2D eigenvalue weighted by atomic mass is 9.99. The van der Waals surface area contributed by atoms with Crippen molar-refractivity contribution < 1.29 is 23.5 Å². The van der Waals surface area contributed by atoms with Crippen LogP contribution in [0, 0.1) is 5.92 Å². The summed E-state index contributed by atoms with van der Waals surface area (Å²) < 4.78 is 11.6. The number of hydrogen-bond donors (Lipinski definition) is 1. The molecule has 6 heteroatoms. The molecule has 152 valence electrons. The van der Waals surface area contributed by atoms with Crippen molar-refractivity contribution in [3.8, 4) is 0 Å². The van der Waals surface area contributed by atoms with Crippen LogP contribution in [0.3, 0.4) is 0 Å². The van der Waals surface area contributed by atoms with Gasteiger partial charge in [-0.15, -0.1) is 0 Å². The summed E-state index contributed by atoms with van der Waals surface area (Å²) in [4.78, 5) is 24.6. The van der Waals surface area contributed by atoms with Gasteiger partial charge in [-0.05, 0) is 17.9 Å². The lowest BCUT2D eigenvalue weighted by Gasteiger charge is -2.23. The van der Waals surface area contributed by atoms with Crippen LogP contribution in [0.1, 0.15) is 32.3 Å². The standard InChI is InChI=1S/C21H34N2O4/c1-17(2)15-19(20(24)11-13-26-14-12-23(3,4)5)22-21(25)27-16-18-9-7-6-8-10-18/h6-10,17,19H,11-16H2,1-5H3/p+1/t19-/m0/s1.